The van der Waals surface area contributed by atoms with Crippen LogP contribution in [-0.4, -0.2) is 39.6 Å². The predicted molar refractivity (Wildman–Crippen MR) is 78.3 cm³/mol. The summed E-state index contributed by atoms with van der Waals surface area (Å²) in [6.45, 7) is 5.94. The molecule has 1 fully saturated rings. The molecule has 1 amide bonds. The molecule has 21 heavy (non-hydrogen) atoms. The van der Waals surface area contributed by atoms with Crippen molar-refractivity contribution >= 4 is 11.9 Å². The number of amides is 1. The lowest BCUT2D eigenvalue weighted by Gasteiger charge is -2.44. The van der Waals surface area contributed by atoms with Gasteiger partial charge in [0.15, 0.2) is 0 Å². The van der Waals surface area contributed by atoms with Crippen molar-refractivity contribution in [1.82, 2.24) is 4.90 Å². The third-order valence-electron chi connectivity index (χ3n) is 4.15. The van der Waals surface area contributed by atoms with E-state index in [9.17, 15) is 19.8 Å². The SMILES string of the molecule is Cc1ccc(O)c(C(=O)N2CCCC(C)(C)C2C(=O)O)c1. The van der Waals surface area contributed by atoms with Gasteiger partial charge in [0.25, 0.3) is 5.91 Å². The number of carboxylic acid groups (broad SMARTS) is 1. The highest BCUT2D eigenvalue weighted by Gasteiger charge is 2.45. The van der Waals surface area contributed by atoms with Gasteiger partial charge in [0.05, 0.1) is 5.56 Å². The monoisotopic (exact) mass is 291 g/mol. The van der Waals surface area contributed by atoms with Crippen molar-refractivity contribution in [3.63, 3.8) is 0 Å². The number of phenolic OH excluding ortho intramolecular Hbond substituents is 1. The van der Waals surface area contributed by atoms with Crippen molar-refractivity contribution in [3.8, 4) is 5.75 Å². The lowest BCUT2D eigenvalue weighted by molar-refractivity contribution is -0.148. The number of carbonyl (C=O) groups excluding carboxylic acids is 1. The van der Waals surface area contributed by atoms with Crippen LogP contribution in [-0.2, 0) is 4.79 Å². The lowest BCUT2D eigenvalue weighted by atomic mass is 9.76. The van der Waals surface area contributed by atoms with Gasteiger partial charge in [-0.3, -0.25) is 4.79 Å². The molecule has 5 heteroatoms. The fourth-order valence-corrected chi connectivity index (χ4v) is 3.05. The van der Waals surface area contributed by atoms with Crippen molar-refractivity contribution in [2.45, 2.75) is 39.7 Å². The Labute approximate surface area is 124 Å². The Kier molecular flexibility index (Phi) is 3.94. The molecular weight excluding hydrogens is 270 g/mol. The van der Waals surface area contributed by atoms with Gasteiger partial charge in [0, 0.05) is 6.54 Å². The van der Waals surface area contributed by atoms with Crippen LogP contribution in [0.25, 0.3) is 0 Å². The summed E-state index contributed by atoms with van der Waals surface area (Å²) >= 11 is 0. The van der Waals surface area contributed by atoms with E-state index in [1.54, 1.807) is 12.1 Å². The molecule has 0 bridgehead atoms. The normalized spacial score (nSPS) is 21.1. The second-order valence-corrected chi connectivity index (χ2v) is 6.35. The first-order valence-electron chi connectivity index (χ1n) is 7.07. The highest BCUT2D eigenvalue weighted by atomic mass is 16.4. The Morgan fingerprint density at radius 2 is 2.00 bits per heavy atom. The number of aryl methyl sites for hydroxylation is 1. The molecule has 0 aromatic heterocycles. The summed E-state index contributed by atoms with van der Waals surface area (Å²) in [5, 5.41) is 19.4. The van der Waals surface area contributed by atoms with Gasteiger partial charge < -0.3 is 15.1 Å². The summed E-state index contributed by atoms with van der Waals surface area (Å²) < 4.78 is 0. The van der Waals surface area contributed by atoms with Crippen molar-refractivity contribution in [1.29, 1.82) is 0 Å². The number of hydrogen-bond donors (Lipinski definition) is 2. The average molecular weight is 291 g/mol. The number of hydrogen-bond acceptors (Lipinski definition) is 3. The maximum Gasteiger partial charge on any atom is 0.326 e. The van der Waals surface area contributed by atoms with Crippen LogP contribution in [0.2, 0.25) is 0 Å². The van der Waals surface area contributed by atoms with Crippen LogP contribution in [0.3, 0.4) is 0 Å². The first kappa shape index (κ1) is 15.4. The van der Waals surface area contributed by atoms with Gasteiger partial charge in [-0.05, 0) is 37.3 Å². The van der Waals surface area contributed by atoms with E-state index in [0.29, 0.717) is 6.54 Å². The number of aliphatic carboxylic acids is 1. The van der Waals surface area contributed by atoms with Gasteiger partial charge in [-0.1, -0.05) is 25.5 Å². The minimum atomic E-state index is -1.000. The van der Waals surface area contributed by atoms with Crippen molar-refractivity contribution < 1.29 is 19.8 Å². The molecule has 1 saturated heterocycles. The number of rotatable bonds is 2. The van der Waals surface area contributed by atoms with Gasteiger partial charge in [0.2, 0.25) is 0 Å². The summed E-state index contributed by atoms with van der Waals surface area (Å²) in [7, 11) is 0. The van der Waals surface area contributed by atoms with Gasteiger partial charge >= 0.3 is 5.97 Å². The van der Waals surface area contributed by atoms with Crippen LogP contribution >= 0.6 is 0 Å². The molecule has 1 aromatic carbocycles. The van der Waals surface area contributed by atoms with Gasteiger partial charge in [-0.15, -0.1) is 0 Å². The number of aromatic hydroxyl groups is 1. The minimum absolute atomic E-state index is 0.113. The standard InChI is InChI=1S/C16H21NO4/c1-10-5-6-12(18)11(9-10)14(19)17-8-4-7-16(2,3)13(17)15(20)21/h5-6,9,13,18H,4,7-8H2,1-3H3,(H,20,21). The van der Waals surface area contributed by atoms with Gasteiger partial charge in [-0.2, -0.15) is 0 Å². The Hall–Kier alpha value is -2.04. The van der Waals surface area contributed by atoms with Crippen LogP contribution in [0, 0.1) is 12.3 Å². The summed E-state index contributed by atoms with van der Waals surface area (Å²) in [6, 6.07) is 3.89. The van der Waals surface area contributed by atoms with Crippen molar-refractivity contribution in [2.75, 3.05) is 6.54 Å². The number of likely N-dealkylation sites (tertiary alicyclic amines) is 1. The molecule has 0 radical (unpaired) electrons. The van der Waals surface area contributed by atoms with Crippen LogP contribution in [0.4, 0.5) is 0 Å². The Morgan fingerprint density at radius 1 is 1.33 bits per heavy atom. The maximum atomic E-state index is 12.7. The fourth-order valence-electron chi connectivity index (χ4n) is 3.05. The zero-order chi connectivity index (χ0) is 15.8. The number of carboxylic acids is 1. The summed E-state index contributed by atoms with van der Waals surface area (Å²) in [4.78, 5) is 25.7. The quantitative estimate of drug-likeness (QED) is 0.877. The van der Waals surface area contributed by atoms with Crippen LogP contribution in [0.5, 0.6) is 5.75 Å². The van der Waals surface area contributed by atoms with E-state index >= 15 is 0 Å². The number of phenols is 1. The minimum Gasteiger partial charge on any atom is -0.507 e. The Balaban J connectivity index is 2.41. The molecule has 1 aliphatic heterocycles. The second kappa shape index (κ2) is 5.39. The highest BCUT2D eigenvalue weighted by Crippen LogP contribution is 2.36. The highest BCUT2D eigenvalue weighted by molar-refractivity contribution is 5.99. The molecule has 1 aliphatic rings. The van der Waals surface area contributed by atoms with E-state index in [1.807, 2.05) is 20.8 Å². The van der Waals surface area contributed by atoms with Gasteiger partial charge in [0.1, 0.15) is 11.8 Å². The molecule has 0 spiro atoms. The zero-order valence-corrected chi connectivity index (χ0v) is 12.6. The number of nitrogens with zero attached hydrogens (tertiary/aromatic N) is 1. The second-order valence-electron chi connectivity index (χ2n) is 6.35. The van der Waals surface area contributed by atoms with E-state index in [2.05, 4.69) is 0 Å². The van der Waals surface area contributed by atoms with Crippen LogP contribution in [0.1, 0.15) is 42.6 Å². The van der Waals surface area contributed by atoms with E-state index in [4.69, 9.17) is 0 Å². The molecule has 1 heterocycles. The van der Waals surface area contributed by atoms with E-state index in [-0.39, 0.29) is 11.3 Å². The third kappa shape index (κ3) is 2.86. The largest absolute Gasteiger partial charge is 0.507 e. The van der Waals surface area contributed by atoms with Crippen LogP contribution < -0.4 is 0 Å². The first-order valence-corrected chi connectivity index (χ1v) is 7.07. The number of piperidine rings is 1. The van der Waals surface area contributed by atoms with Gasteiger partial charge in [-0.25, -0.2) is 4.79 Å². The van der Waals surface area contributed by atoms with E-state index in [1.165, 1.54) is 11.0 Å². The summed E-state index contributed by atoms with van der Waals surface area (Å²) in [6.07, 6.45) is 1.52. The fraction of sp³-hybridized carbons (Fsp3) is 0.500. The molecule has 1 aromatic rings. The van der Waals surface area contributed by atoms with E-state index < -0.39 is 23.3 Å². The summed E-state index contributed by atoms with van der Waals surface area (Å²) in [5.74, 6) is -1.53. The Morgan fingerprint density at radius 3 is 2.62 bits per heavy atom. The summed E-state index contributed by atoms with van der Waals surface area (Å²) in [5.41, 5.74) is 0.525. The lowest BCUT2D eigenvalue weighted by Crippen LogP contribution is -2.56. The molecule has 2 rings (SSSR count). The molecule has 114 valence electrons. The van der Waals surface area contributed by atoms with Crippen LogP contribution in [0.15, 0.2) is 18.2 Å². The van der Waals surface area contributed by atoms with Crippen molar-refractivity contribution in [2.24, 2.45) is 5.41 Å². The number of carbonyl (C=O) groups is 2. The molecule has 1 atom stereocenters. The third-order valence-corrected chi connectivity index (χ3v) is 4.15. The molecule has 0 aliphatic carbocycles. The first-order chi connectivity index (χ1) is 9.74. The molecule has 5 nitrogen and oxygen atoms in total. The van der Waals surface area contributed by atoms with Crippen molar-refractivity contribution in [3.05, 3.63) is 29.3 Å². The average Bonchev–Trinajstić information content (AvgIpc) is 2.38. The van der Waals surface area contributed by atoms with E-state index in [0.717, 1.165) is 18.4 Å². The molecule has 2 N–H and O–H groups in total. The Bertz CT molecular complexity index is 580. The molecule has 1 unspecified atom stereocenters. The maximum absolute atomic E-state index is 12.7. The number of benzene rings is 1. The topological polar surface area (TPSA) is 77.8 Å². The zero-order valence-electron chi connectivity index (χ0n) is 12.6. The molecular formula is C16H21NO4. The predicted octanol–water partition coefficient (Wildman–Crippen LogP) is 2.42. The smallest absolute Gasteiger partial charge is 0.326 e. The molecule has 0 saturated carbocycles.